The van der Waals surface area contributed by atoms with E-state index in [4.69, 9.17) is 0 Å². The molecule has 2 amide bonds. The molecule has 0 radical (unpaired) electrons. The second-order valence-electron chi connectivity index (χ2n) is 7.59. The molecule has 0 unspecified atom stereocenters. The molecule has 0 aliphatic carbocycles. The first-order valence-electron chi connectivity index (χ1n) is 10.7. The molecule has 1 aliphatic heterocycles. The second kappa shape index (κ2) is 9.85. The number of carbonyl (C=O) groups is 2. The van der Waals surface area contributed by atoms with E-state index in [0.717, 1.165) is 18.9 Å². The number of halogens is 2. The van der Waals surface area contributed by atoms with E-state index < -0.39 is 46.4 Å². The van der Waals surface area contributed by atoms with Crippen molar-refractivity contribution in [3.8, 4) is 5.75 Å². The summed E-state index contributed by atoms with van der Waals surface area (Å²) in [6.45, 7) is 8.05. The van der Waals surface area contributed by atoms with Crippen LogP contribution in [0.5, 0.6) is 5.75 Å². The number of nitrogens with one attached hydrogen (secondary N) is 1. The average Bonchev–Trinajstić information content (AvgIpc) is 2.79. The fraction of sp³-hybridized carbons (Fsp3) is 0.348. The Labute approximate surface area is 189 Å². The molecule has 3 rings (SSSR count). The van der Waals surface area contributed by atoms with Crippen LogP contribution in [0.15, 0.2) is 41.8 Å². The minimum atomic E-state index is -1.02. The maximum Gasteiger partial charge on any atom is 0.278 e. The molecule has 33 heavy (non-hydrogen) atoms. The normalized spacial score (nSPS) is 15.4. The van der Waals surface area contributed by atoms with Crippen molar-refractivity contribution >= 4 is 11.8 Å². The number of benzene rings is 1. The molecule has 2 N–H and O–H groups in total. The highest BCUT2D eigenvalue weighted by Crippen LogP contribution is 2.25. The smallest absolute Gasteiger partial charge is 0.278 e. The van der Waals surface area contributed by atoms with Gasteiger partial charge < -0.3 is 15.3 Å². The van der Waals surface area contributed by atoms with Gasteiger partial charge in [0.1, 0.15) is 23.4 Å². The molecule has 1 atom stereocenters. The monoisotopic (exact) mass is 460 g/mol. The van der Waals surface area contributed by atoms with E-state index in [2.05, 4.69) is 11.9 Å². The van der Waals surface area contributed by atoms with Crippen molar-refractivity contribution in [2.24, 2.45) is 0 Å². The lowest BCUT2D eigenvalue weighted by molar-refractivity contribution is 0.0631. The summed E-state index contributed by atoms with van der Waals surface area (Å²) in [5.41, 5.74) is -1.65. The molecule has 1 aromatic heterocycles. The van der Waals surface area contributed by atoms with Crippen LogP contribution < -0.4 is 15.8 Å². The summed E-state index contributed by atoms with van der Waals surface area (Å²) in [6, 6.07) is 2.92. The summed E-state index contributed by atoms with van der Waals surface area (Å²) in [7, 11) is 0. The fourth-order valence-corrected chi connectivity index (χ4v) is 3.77. The first-order chi connectivity index (χ1) is 15.7. The number of unbranched alkanes of at least 4 members (excludes halogenated alkanes) is 1. The highest BCUT2D eigenvalue weighted by molar-refractivity contribution is 5.99. The summed E-state index contributed by atoms with van der Waals surface area (Å²) >= 11 is 0. The highest BCUT2D eigenvalue weighted by atomic mass is 19.1. The Morgan fingerprint density at radius 2 is 2.00 bits per heavy atom. The molecule has 0 saturated carbocycles. The lowest BCUT2D eigenvalue weighted by Crippen LogP contribution is -2.61. The minimum Gasteiger partial charge on any atom is -0.502 e. The van der Waals surface area contributed by atoms with Crippen LogP contribution in [0.25, 0.3) is 0 Å². The quantitative estimate of drug-likeness (QED) is 0.591. The third kappa shape index (κ3) is 4.46. The van der Waals surface area contributed by atoms with E-state index in [1.165, 1.54) is 21.8 Å². The summed E-state index contributed by atoms with van der Waals surface area (Å²) in [5, 5.41) is 14.8. The number of hydrogen-bond donors (Lipinski definition) is 2. The van der Waals surface area contributed by atoms with Gasteiger partial charge in [-0.15, -0.1) is 0 Å². The third-order valence-electron chi connectivity index (χ3n) is 5.52. The van der Waals surface area contributed by atoms with Crippen LogP contribution in [0.3, 0.4) is 0 Å². The van der Waals surface area contributed by atoms with Gasteiger partial charge in [0.15, 0.2) is 11.4 Å². The Bertz CT molecular complexity index is 1150. The fourth-order valence-electron chi connectivity index (χ4n) is 3.77. The molecule has 1 aromatic carbocycles. The van der Waals surface area contributed by atoms with Crippen molar-refractivity contribution < 1.29 is 23.5 Å². The number of likely N-dealkylation sites (N-methyl/N-ethyl adjacent to an activating group) is 1. The van der Waals surface area contributed by atoms with E-state index in [9.17, 15) is 28.3 Å². The minimum absolute atomic E-state index is 0.0251. The van der Waals surface area contributed by atoms with Gasteiger partial charge in [-0.3, -0.25) is 24.1 Å². The summed E-state index contributed by atoms with van der Waals surface area (Å²) in [6.07, 6.45) is 3.82. The van der Waals surface area contributed by atoms with Crippen molar-refractivity contribution in [2.75, 3.05) is 18.1 Å². The summed E-state index contributed by atoms with van der Waals surface area (Å²) in [5.74, 6) is -3.88. The van der Waals surface area contributed by atoms with Gasteiger partial charge in [0.05, 0.1) is 0 Å². The first-order valence-corrected chi connectivity index (χ1v) is 10.7. The zero-order valence-corrected chi connectivity index (χ0v) is 18.5. The van der Waals surface area contributed by atoms with E-state index in [0.29, 0.717) is 19.2 Å². The topological polar surface area (TPSA) is 94.9 Å². The van der Waals surface area contributed by atoms with Crippen molar-refractivity contribution in [1.29, 1.82) is 0 Å². The molecule has 8 nitrogen and oxygen atoms in total. The summed E-state index contributed by atoms with van der Waals surface area (Å²) in [4.78, 5) is 40.0. The number of aromatic hydroxyl groups is 1. The maximum atomic E-state index is 13.9. The number of pyridine rings is 1. The van der Waals surface area contributed by atoms with Gasteiger partial charge in [-0.25, -0.2) is 8.78 Å². The molecule has 0 saturated heterocycles. The van der Waals surface area contributed by atoms with Crippen molar-refractivity contribution in [3.63, 3.8) is 0 Å². The first kappa shape index (κ1) is 24.0. The number of rotatable bonds is 8. The molecule has 1 aliphatic rings. The van der Waals surface area contributed by atoms with Crippen LogP contribution in [-0.2, 0) is 6.54 Å². The predicted molar refractivity (Wildman–Crippen MR) is 119 cm³/mol. The number of aromatic nitrogens is 1. The predicted octanol–water partition coefficient (Wildman–Crippen LogP) is 2.49. The number of nitrogens with zero attached hydrogens (tertiary/aromatic N) is 3. The number of hydrogen-bond acceptors (Lipinski definition) is 5. The number of fused-ring (bicyclic) bond motifs is 1. The van der Waals surface area contributed by atoms with Gasteiger partial charge in [0.2, 0.25) is 5.43 Å². The van der Waals surface area contributed by atoms with Gasteiger partial charge in [0, 0.05) is 37.5 Å². The zero-order chi connectivity index (χ0) is 24.3. The van der Waals surface area contributed by atoms with Crippen LogP contribution in [0, 0.1) is 11.6 Å². The molecule has 0 bridgehead atoms. The molecule has 2 heterocycles. The lowest BCUT2D eigenvalue weighted by atomic mass is 10.1. The van der Waals surface area contributed by atoms with Crippen molar-refractivity contribution in [3.05, 3.63) is 75.7 Å². The van der Waals surface area contributed by atoms with Crippen molar-refractivity contribution in [2.45, 2.75) is 39.4 Å². The largest absolute Gasteiger partial charge is 0.502 e. The van der Waals surface area contributed by atoms with Crippen LogP contribution in [0.2, 0.25) is 0 Å². The number of carbonyl (C=O) groups excluding carboxylic acids is 2. The van der Waals surface area contributed by atoms with Gasteiger partial charge in [0.25, 0.3) is 11.8 Å². The van der Waals surface area contributed by atoms with E-state index in [1.807, 2.05) is 6.92 Å². The SMILES string of the molecule is C=C[C@H]1N(CC)C(=O)c2c(O)c(=O)c(C(=O)NCc3ccc(F)cc3F)cn2N1CCCC. The van der Waals surface area contributed by atoms with E-state index in [1.54, 1.807) is 18.0 Å². The molecule has 0 spiro atoms. The third-order valence-corrected chi connectivity index (χ3v) is 5.52. The molecule has 10 heteroatoms. The van der Waals surface area contributed by atoms with Gasteiger partial charge >= 0.3 is 0 Å². The zero-order valence-electron chi connectivity index (χ0n) is 18.5. The Balaban J connectivity index is 2.02. The Kier molecular flexibility index (Phi) is 7.15. The maximum absolute atomic E-state index is 13.9. The van der Waals surface area contributed by atoms with E-state index >= 15 is 0 Å². The van der Waals surface area contributed by atoms with Crippen LogP contribution in [0.4, 0.5) is 8.78 Å². The Hall–Kier alpha value is -3.69. The Morgan fingerprint density at radius 3 is 2.61 bits per heavy atom. The number of amides is 2. The molecular formula is C23H26F2N4O4. The molecule has 2 aromatic rings. The van der Waals surface area contributed by atoms with E-state index in [-0.39, 0.29) is 17.8 Å². The van der Waals surface area contributed by atoms with Crippen LogP contribution in [0.1, 0.15) is 53.1 Å². The van der Waals surface area contributed by atoms with Gasteiger partial charge in [-0.05, 0) is 25.5 Å². The second-order valence-corrected chi connectivity index (χ2v) is 7.59. The molecular weight excluding hydrogens is 434 g/mol. The average molecular weight is 460 g/mol. The molecule has 0 fully saturated rings. The standard InChI is InChI=1S/C23H26F2N4O4/c1-4-7-10-28-18(5-2)27(6-3)23(33)19-21(31)20(30)16(13-29(19)28)22(32)26-12-14-8-9-15(24)11-17(14)25/h5,8-9,11,13,18,31H,2,4,6-7,10,12H2,1,3H3,(H,26,32)/t18-/m0/s1. The highest BCUT2D eigenvalue weighted by Gasteiger charge is 2.38. The van der Waals surface area contributed by atoms with Crippen molar-refractivity contribution in [1.82, 2.24) is 14.9 Å². The summed E-state index contributed by atoms with van der Waals surface area (Å²) < 4.78 is 28.3. The Morgan fingerprint density at radius 1 is 1.27 bits per heavy atom. The van der Waals surface area contributed by atoms with Crippen LogP contribution in [-0.4, -0.2) is 45.8 Å². The lowest BCUT2D eigenvalue weighted by Gasteiger charge is -2.45. The van der Waals surface area contributed by atoms with Gasteiger partial charge in [-0.1, -0.05) is 26.0 Å². The van der Waals surface area contributed by atoms with Crippen LogP contribution >= 0.6 is 0 Å². The van der Waals surface area contributed by atoms with Gasteiger partial charge in [-0.2, -0.15) is 0 Å². The molecule has 176 valence electrons.